The largest absolute Gasteiger partial charge is 0.573 e. The molecule has 0 atom stereocenters. The van der Waals surface area contributed by atoms with Crippen molar-refractivity contribution in [1.29, 1.82) is 0 Å². The number of ether oxygens (including phenoxy) is 1. The Hall–Kier alpha value is -1.81. The van der Waals surface area contributed by atoms with Gasteiger partial charge in [-0.15, -0.1) is 23.4 Å². The van der Waals surface area contributed by atoms with E-state index in [0.29, 0.717) is 20.8 Å². The maximum atomic E-state index is 12.3. The van der Waals surface area contributed by atoms with Gasteiger partial charge < -0.3 is 10.1 Å². The Kier molecular flexibility index (Phi) is 6.59. The van der Waals surface area contributed by atoms with E-state index in [4.69, 9.17) is 0 Å². The van der Waals surface area contributed by atoms with E-state index < -0.39 is 6.36 Å². The molecule has 1 amide bonds. The molecule has 1 aromatic carbocycles. The summed E-state index contributed by atoms with van der Waals surface area (Å²) in [7, 11) is 0. The van der Waals surface area contributed by atoms with Crippen LogP contribution in [0.25, 0.3) is 0 Å². The van der Waals surface area contributed by atoms with Gasteiger partial charge in [0, 0.05) is 11.7 Å². The van der Waals surface area contributed by atoms with Gasteiger partial charge in [-0.05, 0) is 30.5 Å². The zero-order valence-corrected chi connectivity index (χ0v) is 15.9. The van der Waals surface area contributed by atoms with Gasteiger partial charge >= 0.3 is 6.36 Å². The van der Waals surface area contributed by atoms with Gasteiger partial charge in [0.1, 0.15) is 5.75 Å². The lowest BCUT2D eigenvalue weighted by atomic mass is 9.89. The van der Waals surface area contributed by atoms with E-state index in [1.54, 1.807) is 6.07 Å². The van der Waals surface area contributed by atoms with Crippen molar-refractivity contribution in [2.45, 2.75) is 48.6 Å². The number of hydrogen-bond acceptors (Lipinski definition) is 6. The Labute approximate surface area is 162 Å². The summed E-state index contributed by atoms with van der Waals surface area (Å²) in [6.45, 7) is 0. The van der Waals surface area contributed by atoms with Crippen molar-refractivity contribution < 1.29 is 22.7 Å². The van der Waals surface area contributed by atoms with E-state index in [1.165, 1.54) is 47.7 Å². The maximum Gasteiger partial charge on any atom is 0.573 e. The predicted octanol–water partition coefficient (Wildman–Crippen LogP) is 5.25. The number of amides is 1. The van der Waals surface area contributed by atoms with Crippen molar-refractivity contribution in [1.82, 2.24) is 10.2 Å². The lowest BCUT2D eigenvalue weighted by molar-refractivity contribution is -0.274. The van der Waals surface area contributed by atoms with Gasteiger partial charge in [-0.1, -0.05) is 54.5 Å². The van der Waals surface area contributed by atoms with Crippen LogP contribution < -0.4 is 10.1 Å². The van der Waals surface area contributed by atoms with Gasteiger partial charge in [-0.25, -0.2) is 0 Å². The minimum absolute atomic E-state index is 0.0144. The number of hydrogen-bond donors (Lipinski definition) is 1. The number of halogens is 3. The second-order valence-electron chi connectivity index (χ2n) is 6.18. The highest BCUT2D eigenvalue weighted by molar-refractivity contribution is 8.00. The van der Waals surface area contributed by atoms with Gasteiger partial charge in [-0.3, -0.25) is 4.79 Å². The summed E-state index contributed by atoms with van der Waals surface area (Å²) < 4.78 is 41.4. The highest BCUT2D eigenvalue weighted by atomic mass is 32.2. The molecule has 1 fully saturated rings. The van der Waals surface area contributed by atoms with Gasteiger partial charge in [0.15, 0.2) is 4.34 Å². The first-order valence-electron chi connectivity index (χ1n) is 8.51. The summed E-state index contributed by atoms with van der Waals surface area (Å²) in [4.78, 5) is 12.2. The van der Waals surface area contributed by atoms with E-state index in [9.17, 15) is 18.0 Å². The van der Waals surface area contributed by atoms with Crippen LogP contribution in [0.15, 0.2) is 28.6 Å². The van der Waals surface area contributed by atoms with Crippen LogP contribution in [0.1, 0.15) is 37.7 Å². The maximum absolute atomic E-state index is 12.3. The predicted molar refractivity (Wildman–Crippen MR) is 97.8 cm³/mol. The molecule has 27 heavy (non-hydrogen) atoms. The number of nitrogens with zero attached hydrogens (tertiary/aromatic N) is 2. The fourth-order valence-electron chi connectivity index (χ4n) is 2.87. The molecule has 0 unspecified atom stereocenters. The fraction of sp³-hybridized carbons (Fsp3) is 0.471. The molecule has 0 spiro atoms. The van der Waals surface area contributed by atoms with Crippen molar-refractivity contribution in [3.63, 3.8) is 0 Å². The second kappa shape index (κ2) is 8.92. The number of alkyl halides is 3. The quantitative estimate of drug-likeness (QED) is 0.514. The molecular formula is C17H18F3N3O2S2. The molecule has 0 bridgehead atoms. The summed E-state index contributed by atoms with van der Waals surface area (Å²) in [5.74, 6) is 0.188. The number of anilines is 1. The zero-order chi connectivity index (χ0) is 19.3. The number of carbonyl (C=O) groups is 1. The third-order valence-corrected chi connectivity index (χ3v) is 6.15. The molecule has 146 valence electrons. The molecule has 3 rings (SSSR count). The van der Waals surface area contributed by atoms with Crippen LogP contribution >= 0.6 is 23.1 Å². The van der Waals surface area contributed by atoms with Crippen LogP contribution in [0.4, 0.5) is 18.3 Å². The summed E-state index contributed by atoms with van der Waals surface area (Å²) in [5.41, 5.74) is 0.671. The van der Waals surface area contributed by atoms with Crippen LogP contribution in [0, 0.1) is 5.92 Å². The van der Waals surface area contributed by atoms with Crippen LogP contribution in [0.3, 0.4) is 0 Å². The molecule has 5 nitrogen and oxygen atoms in total. The summed E-state index contributed by atoms with van der Waals surface area (Å²) >= 11 is 2.60. The van der Waals surface area contributed by atoms with Crippen molar-refractivity contribution in [3.05, 3.63) is 29.8 Å². The van der Waals surface area contributed by atoms with Crippen molar-refractivity contribution in [3.8, 4) is 5.75 Å². The Morgan fingerprint density at radius 1 is 1.26 bits per heavy atom. The Balaban J connectivity index is 1.52. The molecule has 1 aliphatic carbocycles. The van der Waals surface area contributed by atoms with Gasteiger partial charge in [0.2, 0.25) is 11.0 Å². The summed E-state index contributed by atoms with van der Waals surface area (Å²) in [5, 5.41) is 11.2. The van der Waals surface area contributed by atoms with E-state index in [2.05, 4.69) is 20.3 Å². The normalized spacial score (nSPS) is 15.5. The summed E-state index contributed by atoms with van der Waals surface area (Å²) in [6, 6.07) is 5.81. The van der Waals surface area contributed by atoms with Gasteiger partial charge in [-0.2, -0.15) is 0 Å². The van der Waals surface area contributed by atoms with Crippen LogP contribution in [0.2, 0.25) is 0 Å². The third-order valence-electron chi connectivity index (χ3n) is 4.11. The van der Waals surface area contributed by atoms with Crippen LogP contribution in [0.5, 0.6) is 5.75 Å². The number of aromatic nitrogens is 2. The molecule has 0 saturated heterocycles. The van der Waals surface area contributed by atoms with Gasteiger partial charge in [0.25, 0.3) is 0 Å². The molecule has 2 aromatic rings. The standard InChI is InChI=1S/C17H18F3N3O2S2/c18-17(19,20)25-13-8-4-5-11(9-13)10-26-16-23-22-15(27-16)21-14(24)12-6-2-1-3-7-12/h4-5,8-9,12H,1-3,6-7,10H2,(H,21,22,24). The Morgan fingerprint density at radius 2 is 2.04 bits per heavy atom. The molecule has 1 aliphatic rings. The van der Waals surface area contributed by atoms with Crippen molar-refractivity contribution >= 4 is 34.1 Å². The highest BCUT2D eigenvalue weighted by Crippen LogP contribution is 2.31. The lowest BCUT2D eigenvalue weighted by Crippen LogP contribution is -2.24. The number of benzene rings is 1. The summed E-state index contributed by atoms with van der Waals surface area (Å²) in [6.07, 6.45) is 0.430. The van der Waals surface area contributed by atoms with E-state index in [-0.39, 0.29) is 17.6 Å². The SMILES string of the molecule is O=C(Nc1nnc(SCc2cccc(OC(F)(F)F)c2)s1)C1CCCCC1. The second-order valence-corrected chi connectivity index (χ2v) is 8.38. The number of rotatable bonds is 6. The third kappa shape index (κ3) is 6.39. The molecule has 1 saturated carbocycles. The Bertz CT molecular complexity index is 777. The van der Waals surface area contributed by atoms with Crippen molar-refractivity contribution in [2.24, 2.45) is 5.92 Å². The minimum atomic E-state index is -4.71. The molecule has 0 aliphatic heterocycles. The molecule has 10 heteroatoms. The monoisotopic (exact) mass is 417 g/mol. The van der Waals surface area contributed by atoms with Crippen LogP contribution in [-0.4, -0.2) is 22.5 Å². The first kappa shape index (κ1) is 19.9. The number of carbonyl (C=O) groups excluding carboxylic acids is 1. The van der Waals surface area contributed by atoms with E-state index in [1.807, 2.05) is 0 Å². The van der Waals surface area contributed by atoms with Crippen molar-refractivity contribution in [2.75, 3.05) is 5.32 Å². The Morgan fingerprint density at radius 3 is 2.78 bits per heavy atom. The van der Waals surface area contributed by atoms with E-state index >= 15 is 0 Å². The smallest absolute Gasteiger partial charge is 0.406 e. The molecule has 1 N–H and O–H groups in total. The fourth-order valence-corrected chi connectivity index (χ4v) is 4.57. The molecular weight excluding hydrogens is 399 g/mol. The highest BCUT2D eigenvalue weighted by Gasteiger charge is 2.31. The van der Waals surface area contributed by atoms with Gasteiger partial charge in [0.05, 0.1) is 0 Å². The number of thioether (sulfide) groups is 1. The average Bonchev–Trinajstić information content (AvgIpc) is 3.07. The minimum Gasteiger partial charge on any atom is -0.406 e. The zero-order valence-electron chi connectivity index (χ0n) is 14.3. The molecule has 1 aromatic heterocycles. The molecule has 0 radical (unpaired) electrons. The first-order valence-corrected chi connectivity index (χ1v) is 10.3. The average molecular weight is 417 g/mol. The van der Waals surface area contributed by atoms with Crippen LogP contribution in [-0.2, 0) is 10.5 Å². The number of nitrogens with one attached hydrogen (secondary N) is 1. The van der Waals surface area contributed by atoms with E-state index in [0.717, 1.165) is 25.7 Å². The topological polar surface area (TPSA) is 64.1 Å². The molecule has 1 heterocycles. The lowest BCUT2D eigenvalue weighted by Gasteiger charge is -2.19. The first-order chi connectivity index (χ1) is 12.9.